The van der Waals surface area contributed by atoms with Crippen molar-refractivity contribution in [3.05, 3.63) is 59.9 Å². The number of urea groups is 1. The summed E-state index contributed by atoms with van der Waals surface area (Å²) in [6.45, 7) is 3.12. The summed E-state index contributed by atoms with van der Waals surface area (Å²) in [5, 5.41) is 7.79. The Balaban J connectivity index is 1.23. The highest BCUT2D eigenvalue weighted by atomic mass is 19.4. The molecule has 1 aliphatic carbocycles. The van der Waals surface area contributed by atoms with Crippen LogP contribution in [0.25, 0.3) is 0 Å². The van der Waals surface area contributed by atoms with Crippen molar-refractivity contribution < 1.29 is 32.2 Å². The molecule has 2 fully saturated rings. The van der Waals surface area contributed by atoms with Gasteiger partial charge < -0.3 is 30.3 Å². The predicted octanol–water partition coefficient (Wildman–Crippen LogP) is 5.04. The van der Waals surface area contributed by atoms with Crippen molar-refractivity contribution in [3.63, 3.8) is 0 Å². The fraction of sp³-hybridized carbons (Fsp3) is 0.379. The molecule has 3 aromatic rings. The summed E-state index contributed by atoms with van der Waals surface area (Å²) in [7, 11) is 3.38. The lowest BCUT2D eigenvalue weighted by Gasteiger charge is -2.33. The van der Waals surface area contributed by atoms with Crippen LogP contribution in [0.1, 0.15) is 24.0 Å². The number of rotatable bonds is 9. The third-order valence-electron chi connectivity index (χ3n) is 7.15. The Morgan fingerprint density at radius 1 is 0.977 bits per heavy atom. The van der Waals surface area contributed by atoms with Crippen LogP contribution in [0.3, 0.4) is 0 Å². The summed E-state index contributed by atoms with van der Waals surface area (Å²) in [6, 6.07) is 9.12. The first-order chi connectivity index (χ1) is 20.6. The Labute approximate surface area is 246 Å². The van der Waals surface area contributed by atoms with E-state index in [1.807, 2.05) is 11.9 Å². The average Bonchev–Trinajstić information content (AvgIpc) is 3.81. The molecule has 1 saturated carbocycles. The summed E-state index contributed by atoms with van der Waals surface area (Å²) in [6.07, 6.45) is -1.60. The fourth-order valence-corrected chi connectivity index (χ4v) is 4.58. The number of ether oxygens (including phenoxy) is 2. The first-order valence-corrected chi connectivity index (χ1v) is 13.7. The standard InChI is InChI=1S/C29H32F3N7O4/c1-38-9-11-39(12-10-38)16-19-5-6-20(13-22(19)29(30,31)32)35-28(41)36-23-8-7-21(14-24(23)42-2)43-26-15-25(33-17-34-26)37-27(40)18-3-4-18/h5-8,13-15,17-18H,3-4,9-12,16H2,1-2H3,(H2,35,36,41)(H,33,34,37,40). The molecule has 2 heterocycles. The summed E-state index contributed by atoms with van der Waals surface area (Å²) in [4.78, 5) is 37.0. The maximum atomic E-state index is 13.9. The average molecular weight is 600 g/mol. The maximum absolute atomic E-state index is 13.9. The lowest BCUT2D eigenvalue weighted by molar-refractivity contribution is -0.138. The molecular formula is C29H32F3N7O4. The molecule has 0 radical (unpaired) electrons. The SMILES string of the molecule is COc1cc(Oc2cc(NC(=O)C3CC3)ncn2)ccc1NC(=O)Nc1ccc(CN2CCN(C)CC2)c(C(F)(F)F)c1. The number of benzene rings is 2. The lowest BCUT2D eigenvalue weighted by atomic mass is 10.0. The molecule has 2 aromatic carbocycles. The van der Waals surface area contributed by atoms with Crippen LogP contribution in [0.5, 0.6) is 17.4 Å². The van der Waals surface area contributed by atoms with Crippen molar-refractivity contribution in [2.45, 2.75) is 25.6 Å². The van der Waals surface area contributed by atoms with E-state index in [-0.39, 0.29) is 46.9 Å². The maximum Gasteiger partial charge on any atom is 0.416 e. The molecule has 1 aliphatic heterocycles. The van der Waals surface area contributed by atoms with Crippen molar-refractivity contribution in [2.24, 2.45) is 5.92 Å². The monoisotopic (exact) mass is 599 g/mol. The van der Waals surface area contributed by atoms with E-state index in [1.165, 1.54) is 43.8 Å². The van der Waals surface area contributed by atoms with Gasteiger partial charge in [0.15, 0.2) is 0 Å². The van der Waals surface area contributed by atoms with Crippen LogP contribution in [0, 0.1) is 5.92 Å². The highest BCUT2D eigenvalue weighted by molar-refractivity contribution is 6.00. The van der Waals surface area contributed by atoms with Gasteiger partial charge in [-0.1, -0.05) is 6.07 Å². The number of piperazine rings is 1. The van der Waals surface area contributed by atoms with Crippen molar-refractivity contribution in [1.29, 1.82) is 0 Å². The Kier molecular flexibility index (Phi) is 8.97. The van der Waals surface area contributed by atoms with Crippen molar-refractivity contribution in [1.82, 2.24) is 19.8 Å². The molecule has 1 saturated heterocycles. The highest BCUT2D eigenvalue weighted by Gasteiger charge is 2.34. The molecule has 43 heavy (non-hydrogen) atoms. The summed E-state index contributed by atoms with van der Waals surface area (Å²) in [5.41, 5.74) is -0.376. The highest BCUT2D eigenvalue weighted by Crippen LogP contribution is 2.36. The van der Waals surface area contributed by atoms with Crippen LogP contribution in [-0.2, 0) is 17.5 Å². The first-order valence-electron chi connectivity index (χ1n) is 13.7. The molecule has 14 heteroatoms. The number of amides is 3. The zero-order chi connectivity index (χ0) is 30.6. The van der Waals surface area contributed by atoms with Crippen LogP contribution in [-0.4, -0.2) is 72.0 Å². The van der Waals surface area contributed by atoms with Gasteiger partial charge in [-0.25, -0.2) is 14.8 Å². The zero-order valence-electron chi connectivity index (χ0n) is 23.7. The molecule has 1 aromatic heterocycles. The quantitative estimate of drug-likeness (QED) is 0.313. The van der Waals surface area contributed by atoms with E-state index >= 15 is 0 Å². The number of carbonyl (C=O) groups excluding carboxylic acids is 2. The third-order valence-corrected chi connectivity index (χ3v) is 7.15. The third kappa shape index (κ3) is 8.11. The second-order valence-corrected chi connectivity index (χ2v) is 10.5. The van der Waals surface area contributed by atoms with Gasteiger partial charge in [0.1, 0.15) is 23.6 Å². The van der Waals surface area contributed by atoms with E-state index in [2.05, 4.69) is 30.8 Å². The van der Waals surface area contributed by atoms with E-state index in [0.29, 0.717) is 24.7 Å². The largest absolute Gasteiger partial charge is 0.494 e. The molecule has 2 aliphatic rings. The molecule has 3 amide bonds. The van der Waals surface area contributed by atoms with E-state index in [1.54, 1.807) is 6.07 Å². The van der Waals surface area contributed by atoms with Gasteiger partial charge in [0.05, 0.1) is 18.4 Å². The number of halogens is 3. The van der Waals surface area contributed by atoms with Gasteiger partial charge in [-0.15, -0.1) is 0 Å². The number of nitrogens with zero attached hydrogens (tertiary/aromatic N) is 4. The number of alkyl halides is 3. The van der Waals surface area contributed by atoms with Gasteiger partial charge in [0, 0.05) is 56.5 Å². The van der Waals surface area contributed by atoms with E-state index in [0.717, 1.165) is 32.0 Å². The topological polar surface area (TPSA) is 121 Å². The fourth-order valence-electron chi connectivity index (χ4n) is 4.58. The van der Waals surface area contributed by atoms with Gasteiger partial charge in [0.2, 0.25) is 11.8 Å². The smallest absolute Gasteiger partial charge is 0.416 e. The molecule has 5 rings (SSSR count). The Bertz CT molecular complexity index is 1470. The van der Waals surface area contributed by atoms with E-state index in [4.69, 9.17) is 9.47 Å². The van der Waals surface area contributed by atoms with Crippen molar-refractivity contribution in [2.75, 3.05) is 56.3 Å². The lowest BCUT2D eigenvalue weighted by Crippen LogP contribution is -2.44. The second-order valence-electron chi connectivity index (χ2n) is 10.5. The van der Waals surface area contributed by atoms with Crippen LogP contribution < -0.4 is 25.4 Å². The van der Waals surface area contributed by atoms with Crippen LogP contribution in [0.2, 0.25) is 0 Å². The van der Waals surface area contributed by atoms with E-state index < -0.39 is 17.8 Å². The van der Waals surface area contributed by atoms with Gasteiger partial charge in [-0.3, -0.25) is 9.69 Å². The molecular weight excluding hydrogens is 567 g/mol. The van der Waals surface area contributed by atoms with Gasteiger partial charge in [0.25, 0.3) is 0 Å². The summed E-state index contributed by atoms with van der Waals surface area (Å²) >= 11 is 0. The van der Waals surface area contributed by atoms with Gasteiger partial charge >= 0.3 is 12.2 Å². The molecule has 0 spiro atoms. The first kappa shape index (κ1) is 30.0. The molecule has 11 nitrogen and oxygen atoms in total. The van der Waals surface area contributed by atoms with Crippen LogP contribution in [0.4, 0.5) is 35.2 Å². The van der Waals surface area contributed by atoms with Gasteiger partial charge in [-0.05, 0) is 49.7 Å². The van der Waals surface area contributed by atoms with E-state index in [9.17, 15) is 22.8 Å². The zero-order valence-corrected chi connectivity index (χ0v) is 23.7. The minimum absolute atomic E-state index is 0.000727. The summed E-state index contributed by atoms with van der Waals surface area (Å²) < 4.78 is 52.9. The normalized spacial score (nSPS) is 15.9. The van der Waals surface area contributed by atoms with Crippen LogP contribution >= 0.6 is 0 Å². The number of hydrogen-bond acceptors (Lipinski definition) is 8. The molecule has 0 unspecified atom stereocenters. The molecule has 0 bridgehead atoms. The predicted molar refractivity (Wildman–Crippen MR) is 153 cm³/mol. The number of aromatic nitrogens is 2. The van der Waals surface area contributed by atoms with Crippen molar-refractivity contribution >= 4 is 29.1 Å². The van der Waals surface area contributed by atoms with Crippen molar-refractivity contribution in [3.8, 4) is 17.4 Å². The minimum atomic E-state index is -4.58. The number of nitrogens with one attached hydrogen (secondary N) is 3. The Morgan fingerprint density at radius 3 is 2.44 bits per heavy atom. The Morgan fingerprint density at radius 2 is 1.74 bits per heavy atom. The second kappa shape index (κ2) is 12.8. The molecule has 3 N–H and O–H groups in total. The minimum Gasteiger partial charge on any atom is -0.494 e. The molecule has 0 atom stereocenters. The number of methoxy groups -OCH3 is 1. The van der Waals surface area contributed by atoms with Gasteiger partial charge in [-0.2, -0.15) is 13.2 Å². The number of likely N-dealkylation sites (N-methyl/N-ethyl adjacent to an activating group) is 1. The summed E-state index contributed by atoms with van der Waals surface area (Å²) in [5.74, 6) is 0.965. The number of anilines is 3. The molecule has 228 valence electrons. The number of carbonyl (C=O) groups is 2. The Hall–Kier alpha value is -4.43. The number of hydrogen-bond donors (Lipinski definition) is 3. The van der Waals surface area contributed by atoms with Crippen LogP contribution in [0.15, 0.2) is 48.8 Å².